The van der Waals surface area contributed by atoms with Gasteiger partial charge in [0.2, 0.25) is 17.3 Å². The number of nitrogens with one attached hydrogen (secondary N) is 2. The number of rotatable bonds is 12. The molecular weight excluding hydrogens is 749 g/mol. The number of aliphatic hydroxyl groups excluding tert-OH is 1. The van der Waals surface area contributed by atoms with E-state index in [1.165, 1.54) is 43.8 Å². The third-order valence-corrected chi connectivity index (χ3v) is 11.6. The maximum atomic E-state index is 14.3. The van der Waals surface area contributed by atoms with Gasteiger partial charge in [-0.15, -0.1) is 11.8 Å². The summed E-state index contributed by atoms with van der Waals surface area (Å²) in [6.45, 7) is 1.93. The van der Waals surface area contributed by atoms with E-state index < -0.39 is 34.8 Å². The molecule has 1 spiro atoms. The van der Waals surface area contributed by atoms with Crippen LogP contribution in [0.4, 0.5) is 0 Å². The molecule has 272 valence electrons. The van der Waals surface area contributed by atoms with E-state index in [1.807, 2.05) is 18.4 Å². The Morgan fingerprint density at radius 2 is 1.85 bits per heavy atom. The second-order valence-electron chi connectivity index (χ2n) is 12.4. The molecule has 1 aliphatic heterocycles. The molecule has 1 aliphatic carbocycles. The van der Waals surface area contributed by atoms with E-state index in [0.29, 0.717) is 38.8 Å². The fourth-order valence-electron chi connectivity index (χ4n) is 6.68. The van der Waals surface area contributed by atoms with Gasteiger partial charge in [0.15, 0.2) is 17.3 Å². The number of halogens is 2. The molecule has 0 bridgehead atoms. The Morgan fingerprint density at radius 1 is 1.12 bits per heavy atom. The summed E-state index contributed by atoms with van der Waals surface area (Å²) in [6, 6.07) is 13.7. The molecule has 11 nitrogen and oxygen atoms in total. The van der Waals surface area contributed by atoms with E-state index in [-0.39, 0.29) is 64.3 Å². The number of ketones is 2. The van der Waals surface area contributed by atoms with Crippen LogP contribution in [-0.2, 0) is 15.3 Å². The lowest BCUT2D eigenvalue weighted by atomic mass is 9.69. The van der Waals surface area contributed by atoms with Gasteiger partial charge in [0.1, 0.15) is 27.9 Å². The van der Waals surface area contributed by atoms with Gasteiger partial charge in [-0.3, -0.25) is 19.2 Å². The number of nitrogens with zero attached hydrogens (tertiary/aromatic N) is 1. The number of methoxy groups -OCH3 is 2. The normalized spacial score (nSPS) is 18.8. The predicted molar refractivity (Wildman–Crippen MR) is 203 cm³/mol. The standard InChI is InChI=1S/C37H35Cl2N3O8S2/c1-18-13-25(43)30(34(45)37(18)35(46)31-26(48-2)16-27(49-3)32(39)33(31)50-37)23(19-5-8-21(51-4)9-6-19)15-29(44)40-11-12-52-17-28-41-24-14-20(38)7-10-22(24)36(47)42-28/h5-10,14,16,18,23,45H,11-13,15,17H2,1-4H3,(H,40,44)(H,41,42,47). The highest BCUT2D eigenvalue weighted by molar-refractivity contribution is 7.98. The highest BCUT2D eigenvalue weighted by atomic mass is 35.5. The van der Waals surface area contributed by atoms with E-state index in [4.69, 9.17) is 37.4 Å². The molecule has 3 unspecified atom stereocenters. The number of carbonyl (C=O) groups excluding carboxylic acids is 3. The quantitative estimate of drug-likeness (QED) is 0.101. The van der Waals surface area contributed by atoms with Gasteiger partial charge in [-0.2, -0.15) is 11.8 Å². The van der Waals surface area contributed by atoms with Crippen LogP contribution in [0, 0.1) is 5.92 Å². The monoisotopic (exact) mass is 783 g/mol. The molecule has 4 aromatic rings. The number of allylic oxidation sites excluding steroid dienone is 1. The lowest BCUT2D eigenvalue weighted by Gasteiger charge is -2.38. The summed E-state index contributed by atoms with van der Waals surface area (Å²) in [6.07, 6.45) is 1.60. The van der Waals surface area contributed by atoms with Crippen molar-refractivity contribution in [1.82, 2.24) is 15.3 Å². The largest absolute Gasteiger partial charge is 0.507 e. The first-order chi connectivity index (χ1) is 24.9. The van der Waals surface area contributed by atoms with Crippen LogP contribution < -0.4 is 25.1 Å². The first-order valence-corrected chi connectivity index (χ1v) is 19.4. The molecule has 0 saturated heterocycles. The zero-order valence-electron chi connectivity index (χ0n) is 28.6. The Bertz CT molecular complexity index is 2180. The molecule has 3 atom stereocenters. The fraction of sp³-hybridized carbons (Fsp3) is 0.324. The lowest BCUT2D eigenvalue weighted by Crippen LogP contribution is -2.53. The van der Waals surface area contributed by atoms with Gasteiger partial charge in [0.25, 0.3) is 5.56 Å². The number of Topliss-reactive ketones (excluding diaryl/α,β-unsaturated/α-hetero) is 2. The molecule has 6 rings (SSSR count). The fourth-order valence-corrected chi connectivity index (χ4v) is 8.24. The van der Waals surface area contributed by atoms with Crippen LogP contribution in [0.15, 0.2) is 69.6 Å². The molecule has 1 aromatic heterocycles. The molecule has 1 amide bonds. The summed E-state index contributed by atoms with van der Waals surface area (Å²) in [5, 5.41) is 16.0. The second-order valence-corrected chi connectivity index (χ2v) is 15.2. The minimum atomic E-state index is -1.98. The van der Waals surface area contributed by atoms with Crippen molar-refractivity contribution in [1.29, 1.82) is 0 Å². The van der Waals surface area contributed by atoms with Crippen LogP contribution in [0.3, 0.4) is 0 Å². The number of benzene rings is 3. The summed E-state index contributed by atoms with van der Waals surface area (Å²) in [5.74, 6) is -1.94. The number of aromatic amines is 1. The minimum absolute atomic E-state index is 0.0159. The van der Waals surface area contributed by atoms with Gasteiger partial charge < -0.3 is 29.6 Å². The first kappa shape index (κ1) is 37.6. The number of H-pyrrole nitrogens is 1. The van der Waals surface area contributed by atoms with E-state index in [9.17, 15) is 24.3 Å². The molecule has 52 heavy (non-hydrogen) atoms. The Morgan fingerprint density at radius 3 is 2.54 bits per heavy atom. The number of thioether (sulfide) groups is 2. The van der Waals surface area contributed by atoms with Crippen LogP contribution in [-0.4, -0.2) is 70.9 Å². The van der Waals surface area contributed by atoms with Crippen molar-refractivity contribution in [2.24, 2.45) is 5.92 Å². The average molecular weight is 785 g/mol. The zero-order valence-corrected chi connectivity index (χ0v) is 31.8. The second kappa shape index (κ2) is 15.4. The van der Waals surface area contributed by atoms with Crippen molar-refractivity contribution in [2.75, 3.05) is 32.8 Å². The Labute approximate surface area is 317 Å². The number of fused-ring (bicyclic) bond motifs is 2. The number of carbonyl (C=O) groups is 3. The molecule has 0 fully saturated rings. The highest BCUT2D eigenvalue weighted by Gasteiger charge is 2.61. The molecule has 15 heteroatoms. The van der Waals surface area contributed by atoms with Crippen LogP contribution >= 0.6 is 46.7 Å². The van der Waals surface area contributed by atoms with Crippen LogP contribution in [0.2, 0.25) is 10.0 Å². The molecule has 0 radical (unpaired) electrons. The van der Waals surface area contributed by atoms with Crippen molar-refractivity contribution >= 4 is 75.1 Å². The van der Waals surface area contributed by atoms with Crippen molar-refractivity contribution in [2.45, 2.75) is 41.9 Å². The molecule has 2 heterocycles. The number of aromatic nitrogens is 2. The summed E-state index contributed by atoms with van der Waals surface area (Å²) >= 11 is 15.7. The molecule has 2 aliphatic rings. The maximum Gasteiger partial charge on any atom is 0.258 e. The predicted octanol–water partition coefficient (Wildman–Crippen LogP) is 6.93. The van der Waals surface area contributed by atoms with Crippen LogP contribution in [0.25, 0.3) is 10.9 Å². The van der Waals surface area contributed by atoms with Gasteiger partial charge in [-0.1, -0.05) is 42.3 Å². The first-order valence-electron chi connectivity index (χ1n) is 16.2. The summed E-state index contributed by atoms with van der Waals surface area (Å²) in [7, 11) is 2.80. The Kier molecular flexibility index (Phi) is 11.2. The third kappa shape index (κ3) is 6.87. The summed E-state index contributed by atoms with van der Waals surface area (Å²) in [4.78, 5) is 62.4. The topological polar surface area (TPSA) is 157 Å². The zero-order chi connectivity index (χ0) is 37.3. The van der Waals surface area contributed by atoms with Gasteiger partial charge in [-0.05, 0) is 42.2 Å². The molecule has 0 saturated carbocycles. The number of hydrogen-bond donors (Lipinski definition) is 3. The lowest BCUT2D eigenvalue weighted by molar-refractivity contribution is -0.121. The summed E-state index contributed by atoms with van der Waals surface area (Å²) in [5.41, 5.74) is -1.18. The number of hydrogen-bond acceptors (Lipinski definition) is 11. The summed E-state index contributed by atoms with van der Waals surface area (Å²) < 4.78 is 17.2. The minimum Gasteiger partial charge on any atom is -0.507 e. The van der Waals surface area contributed by atoms with E-state index >= 15 is 0 Å². The van der Waals surface area contributed by atoms with Crippen LogP contribution in [0.1, 0.15) is 47.4 Å². The molecular formula is C37H35Cl2N3O8S2. The molecule has 3 aromatic carbocycles. The van der Waals surface area contributed by atoms with Crippen molar-refractivity contribution < 1.29 is 33.7 Å². The van der Waals surface area contributed by atoms with E-state index in [0.717, 1.165) is 4.90 Å². The van der Waals surface area contributed by atoms with Crippen LogP contribution in [0.5, 0.6) is 17.2 Å². The number of ether oxygens (including phenoxy) is 3. The van der Waals surface area contributed by atoms with Crippen molar-refractivity contribution in [3.8, 4) is 17.2 Å². The molecule has 3 N–H and O–H groups in total. The SMILES string of the molecule is COc1cc(OC)c2c(c1Cl)OC1(C2=O)C(O)=C(C(CC(=O)NCCSCc2nc3cc(Cl)ccc3c(=O)[nH]2)c2ccc(SC)cc2)C(=O)CC1C. The Hall–Kier alpha value is -4.17. The average Bonchev–Trinajstić information content (AvgIpc) is 3.44. The van der Waals surface area contributed by atoms with Gasteiger partial charge in [0.05, 0.1) is 30.9 Å². The number of amides is 1. The Balaban J connectivity index is 1.25. The van der Waals surface area contributed by atoms with E-state index in [1.54, 1.807) is 37.3 Å². The number of aliphatic hydroxyl groups is 1. The van der Waals surface area contributed by atoms with Gasteiger partial charge in [0, 0.05) is 58.5 Å². The van der Waals surface area contributed by atoms with Gasteiger partial charge in [-0.25, -0.2) is 4.98 Å². The smallest absolute Gasteiger partial charge is 0.258 e. The van der Waals surface area contributed by atoms with Gasteiger partial charge >= 0.3 is 0 Å². The van der Waals surface area contributed by atoms with Crippen molar-refractivity contribution in [3.05, 3.63) is 97.2 Å². The van der Waals surface area contributed by atoms with E-state index in [2.05, 4.69) is 15.3 Å². The van der Waals surface area contributed by atoms with Crippen molar-refractivity contribution in [3.63, 3.8) is 0 Å². The maximum absolute atomic E-state index is 14.3. The highest BCUT2D eigenvalue weighted by Crippen LogP contribution is 2.55. The third-order valence-electron chi connectivity index (χ3n) is 9.29.